The molecule has 7 heteroatoms. The molecule has 1 amide bonds. The number of piperidine rings is 1. The van der Waals surface area contributed by atoms with E-state index in [2.05, 4.69) is 0 Å². The van der Waals surface area contributed by atoms with Crippen LogP contribution in [0.4, 0.5) is 0 Å². The Hall–Kier alpha value is -0.660. The Labute approximate surface area is 108 Å². The highest BCUT2D eigenvalue weighted by molar-refractivity contribution is 7.88. The van der Waals surface area contributed by atoms with E-state index < -0.39 is 15.6 Å². The van der Waals surface area contributed by atoms with Crippen molar-refractivity contribution in [3.63, 3.8) is 0 Å². The molecule has 0 aromatic carbocycles. The molecule has 2 aliphatic heterocycles. The summed E-state index contributed by atoms with van der Waals surface area (Å²) in [4.78, 5) is 13.9. The smallest absolute Gasteiger partial charge is 0.255 e. The van der Waals surface area contributed by atoms with E-state index in [1.807, 2.05) is 0 Å². The SMILES string of the molecule is CS(=O)(=O)N1CCCC(O)(C(=O)N2CCCC2)C1. The number of amides is 1. The minimum absolute atomic E-state index is 0.110. The first-order valence-corrected chi connectivity index (χ1v) is 8.15. The van der Waals surface area contributed by atoms with E-state index in [0.29, 0.717) is 32.5 Å². The molecule has 0 aromatic heterocycles. The van der Waals surface area contributed by atoms with Crippen molar-refractivity contribution in [3.05, 3.63) is 0 Å². The van der Waals surface area contributed by atoms with Crippen molar-refractivity contribution in [2.24, 2.45) is 0 Å². The molecule has 0 spiro atoms. The lowest BCUT2D eigenvalue weighted by atomic mass is 9.92. The molecule has 0 aromatic rings. The van der Waals surface area contributed by atoms with E-state index in [1.165, 1.54) is 4.31 Å². The molecule has 104 valence electrons. The van der Waals surface area contributed by atoms with Gasteiger partial charge in [0, 0.05) is 19.6 Å². The third kappa shape index (κ3) is 2.67. The van der Waals surface area contributed by atoms with Crippen LogP contribution in [0.1, 0.15) is 25.7 Å². The Morgan fingerprint density at radius 3 is 2.33 bits per heavy atom. The molecule has 1 atom stereocenters. The van der Waals surface area contributed by atoms with E-state index in [9.17, 15) is 18.3 Å². The van der Waals surface area contributed by atoms with E-state index >= 15 is 0 Å². The number of rotatable bonds is 2. The molecule has 1 unspecified atom stereocenters. The van der Waals surface area contributed by atoms with Crippen molar-refractivity contribution in [2.45, 2.75) is 31.3 Å². The number of hydrogen-bond donors (Lipinski definition) is 1. The average Bonchev–Trinajstić information content (AvgIpc) is 2.80. The fourth-order valence-corrected chi connectivity index (χ4v) is 3.58. The number of hydrogen-bond acceptors (Lipinski definition) is 4. The van der Waals surface area contributed by atoms with Crippen LogP contribution in [0.2, 0.25) is 0 Å². The summed E-state index contributed by atoms with van der Waals surface area (Å²) in [5.41, 5.74) is -1.54. The quantitative estimate of drug-likeness (QED) is 0.730. The molecule has 2 fully saturated rings. The summed E-state index contributed by atoms with van der Waals surface area (Å²) in [7, 11) is -3.35. The molecule has 6 nitrogen and oxygen atoms in total. The van der Waals surface area contributed by atoms with Crippen molar-refractivity contribution < 1.29 is 18.3 Å². The Bertz CT molecular complexity index is 430. The van der Waals surface area contributed by atoms with Crippen LogP contribution >= 0.6 is 0 Å². The number of aliphatic hydroxyl groups is 1. The van der Waals surface area contributed by atoms with E-state index in [0.717, 1.165) is 19.1 Å². The van der Waals surface area contributed by atoms with Gasteiger partial charge in [-0.05, 0) is 25.7 Å². The van der Waals surface area contributed by atoms with E-state index in [1.54, 1.807) is 4.90 Å². The highest BCUT2D eigenvalue weighted by Crippen LogP contribution is 2.26. The molecule has 0 saturated carbocycles. The summed E-state index contributed by atoms with van der Waals surface area (Å²) < 4.78 is 24.2. The van der Waals surface area contributed by atoms with Crippen LogP contribution in [0.5, 0.6) is 0 Å². The van der Waals surface area contributed by atoms with Crippen molar-refractivity contribution >= 4 is 15.9 Å². The molecule has 2 heterocycles. The molecule has 2 saturated heterocycles. The summed E-state index contributed by atoms with van der Waals surface area (Å²) in [6, 6.07) is 0. The maximum absolute atomic E-state index is 12.2. The van der Waals surface area contributed by atoms with Gasteiger partial charge in [0.2, 0.25) is 10.0 Å². The van der Waals surface area contributed by atoms with Gasteiger partial charge < -0.3 is 10.0 Å². The van der Waals surface area contributed by atoms with Gasteiger partial charge >= 0.3 is 0 Å². The van der Waals surface area contributed by atoms with Gasteiger partial charge in [0.05, 0.1) is 12.8 Å². The second kappa shape index (κ2) is 4.79. The Balaban J connectivity index is 2.12. The molecule has 2 aliphatic rings. The van der Waals surface area contributed by atoms with Crippen molar-refractivity contribution in [1.82, 2.24) is 9.21 Å². The Morgan fingerprint density at radius 2 is 1.78 bits per heavy atom. The average molecular weight is 276 g/mol. The number of carbonyl (C=O) groups excluding carboxylic acids is 1. The highest BCUT2D eigenvalue weighted by atomic mass is 32.2. The molecule has 0 aliphatic carbocycles. The third-order valence-corrected chi connectivity index (χ3v) is 4.95. The third-order valence-electron chi connectivity index (χ3n) is 3.70. The number of nitrogens with zero attached hydrogens (tertiary/aromatic N) is 2. The van der Waals surface area contributed by atoms with Gasteiger partial charge in [0.1, 0.15) is 0 Å². The predicted octanol–water partition coefficient (Wildman–Crippen LogP) is -0.605. The molecule has 18 heavy (non-hydrogen) atoms. The standard InChI is InChI=1S/C11H20N2O4S/c1-18(16,17)13-8-4-5-11(15,9-13)10(14)12-6-2-3-7-12/h15H,2-9H2,1H3. The van der Waals surface area contributed by atoms with Gasteiger partial charge in [0.15, 0.2) is 5.60 Å². The monoisotopic (exact) mass is 276 g/mol. The first-order chi connectivity index (χ1) is 8.33. The number of sulfonamides is 1. The maximum atomic E-state index is 12.2. The molecule has 0 radical (unpaired) electrons. The molecular formula is C11H20N2O4S. The second-order valence-corrected chi connectivity index (χ2v) is 7.21. The zero-order chi connectivity index (χ0) is 13.4. The zero-order valence-corrected chi connectivity index (χ0v) is 11.4. The van der Waals surface area contributed by atoms with Crippen LogP contribution < -0.4 is 0 Å². The first-order valence-electron chi connectivity index (χ1n) is 6.30. The van der Waals surface area contributed by atoms with Crippen LogP contribution in [-0.2, 0) is 14.8 Å². The van der Waals surface area contributed by atoms with Gasteiger partial charge in [0.25, 0.3) is 5.91 Å². The summed E-state index contributed by atoms with van der Waals surface area (Å²) in [6.45, 7) is 1.61. The number of β-amino-alcohol motifs (C(OH)–C–C–N with tert-alkyl or cyclic N) is 1. The molecule has 2 rings (SSSR count). The fourth-order valence-electron chi connectivity index (χ4n) is 2.67. The van der Waals surface area contributed by atoms with Crippen LogP contribution in [0.25, 0.3) is 0 Å². The van der Waals surface area contributed by atoms with Gasteiger partial charge in [-0.15, -0.1) is 0 Å². The summed E-state index contributed by atoms with van der Waals surface area (Å²) in [5.74, 6) is -0.312. The summed E-state index contributed by atoms with van der Waals surface area (Å²) >= 11 is 0. The molecule has 1 N–H and O–H groups in total. The summed E-state index contributed by atoms with van der Waals surface area (Å²) in [5, 5.41) is 10.4. The van der Waals surface area contributed by atoms with Crippen LogP contribution in [0, 0.1) is 0 Å². The number of likely N-dealkylation sites (tertiary alicyclic amines) is 1. The van der Waals surface area contributed by atoms with Crippen molar-refractivity contribution in [2.75, 3.05) is 32.4 Å². The second-order valence-electron chi connectivity index (χ2n) is 5.23. The van der Waals surface area contributed by atoms with Crippen LogP contribution in [0.3, 0.4) is 0 Å². The first kappa shape index (κ1) is 13.8. The molecule has 0 bridgehead atoms. The number of carbonyl (C=O) groups is 1. The maximum Gasteiger partial charge on any atom is 0.255 e. The van der Waals surface area contributed by atoms with Gasteiger partial charge in [-0.3, -0.25) is 4.79 Å². The Kier molecular flexibility index (Phi) is 3.66. The van der Waals surface area contributed by atoms with E-state index in [-0.39, 0.29) is 12.5 Å². The largest absolute Gasteiger partial charge is 0.379 e. The lowest BCUT2D eigenvalue weighted by Crippen LogP contribution is -2.58. The van der Waals surface area contributed by atoms with Crippen LogP contribution in [0.15, 0.2) is 0 Å². The van der Waals surface area contributed by atoms with Gasteiger partial charge in [-0.2, -0.15) is 4.31 Å². The normalized spacial score (nSPS) is 30.7. The minimum Gasteiger partial charge on any atom is -0.379 e. The van der Waals surface area contributed by atoms with Gasteiger partial charge in [-0.25, -0.2) is 8.42 Å². The topological polar surface area (TPSA) is 77.9 Å². The minimum atomic E-state index is -3.35. The molecular weight excluding hydrogens is 256 g/mol. The summed E-state index contributed by atoms with van der Waals surface area (Å²) in [6.07, 6.45) is 3.88. The highest BCUT2D eigenvalue weighted by Gasteiger charge is 2.45. The zero-order valence-electron chi connectivity index (χ0n) is 10.6. The fraction of sp³-hybridized carbons (Fsp3) is 0.909. The lowest BCUT2D eigenvalue weighted by Gasteiger charge is -2.38. The van der Waals surface area contributed by atoms with Gasteiger partial charge in [-0.1, -0.05) is 0 Å². The van der Waals surface area contributed by atoms with Crippen molar-refractivity contribution in [1.29, 1.82) is 0 Å². The predicted molar refractivity (Wildman–Crippen MR) is 66.4 cm³/mol. The lowest BCUT2D eigenvalue weighted by molar-refractivity contribution is -0.154. The van der Waals surface area contributed by atoms with Crippen molar-refractivity contribution in [3.8, 4) is 0 Å². The van der Waals surface area contributed by atoms with Crippen LogP contribution in [-0.4, -0.2) is 66.7 Å². The Morgan fingerprint density at radius 1 is 1.17 bits per heavy atom. The van der Waals surface area contributed by atoms with E-state index in [4.69, 9.17) is 0 Å².